The summed E-state index contributed by atoms with van der Waals surface area (Å²) in [5.41, 5.74) is 0.0523. The fourth-order valence-electron chi connectivity index (χ4n) is 2.77. The van der Waals surface area contributed by atoms with Crippen LogP contribution in [0.5, 0.6) is 5.75 Å². The van der Waals surface area contributed by atoms with Gasteiger partial charge in [-0.1, -0.05) is 35.2 Å². The quantitative estimate of drug-likeness (QED) is 0.846. The number of alkyl halides is 1. The molecule has 3 nitrogen and oxygen atoms in total. The molecule has 1 aliphatic carbocycles. The first-order valence-corrected chi connectivity index (χ1v) is 8.11. The highest BCUT2D eigenvalue weighted by molar-refractivity contribution is 9.09. The third-order valence-electron chi connectivity index (χ3n) is 3.79. The lowest BCUT2D eigenvalue weighted by molar-refractivity contribution is 0.0647. The molecule has 0 heterocycles. The molecular weight excluding hydrogens is 325 g/mol. The van der Waals surface area contributed by atoms with Crippen molar-refractivity contribution >= 4 is 21.8 Å². The van der Waals surface area contributed by atoms with Gasteiger partial charge < -0.3 is 10.0 Å². The van der Waals surface area contributed by atoms with E-state index < -0.39 is 5.82 Å². The van der Waals surface area contributed by atoms with E-state index in [4.69, 9.17) is 0 Å². The van der Waals surface area contributed by atoms with E-state index in [2.05, 4.69) is 15.9 Å². The molecule has 1 aromatic carbocycles. The molecule has 1 aromatic rings. The molecule has 0 unspecified atom stereocenters. The summed E-state index contributed by atoms with van der Waals surface area (Å²) in [6.45, 7) is 0.569. The second-order valence-electron chi connectivity index (χ2n) is 5.14. The second-order valence-corrected chi connectivity index (χ2v) is 5.93. The van der Waals surface area contributed by atoms with Gasteiger partial charge in [0.2, 0.25) is 0 Å². The summed E-state index contributed by atoms with van der Waals surface area (Å²) in [5.74, 6) is -0.950. The van der Waals surface area contributed by atoms with E-state index in [1.165, 1.54) is 12.5 Å². The van der Waals surface area contributed by atoms with Gasteiger partial charge in [0.25, 0.3) is 5.91 Å². The van der Waals surface area contributed by atoms with Crippen LogP contribution in [0.4, 0.5) is 4.39 Å². The van der Waals surface area contributed by atoms with E-state index in [1.54, 1.807) is 4.90 Å². The predicted molar refractivity (Wildman–Crippen MR) is 79.8 cm³/mol. The van der Waals surface area contributed by atoms with Crippen LogP contribution in [0, 0.1) is 5.82 Å². The lowest BCUT2D eigenvalue weighted by atomic mass is 9.93. The van der Waals surface area contributed by atoms with Crippen molar-refractivity contribution in [3.05, 3.63) is 29.6 Å². The van der Waals surface area contributed by atoms with E-state index in [9.17, 15) is 14.3 Å². The van der Waals surface area contributed by atoms with Crippen molar-refractivity contribution in [3.63, 3.8) is 0 Å². The number of halogens is 2. The normalized spacial score (nSPS) is 16.1. The van der Waals surface area contributed by atoms with E-state index in [0.717, 1.165) is 37.8 Å². The van der Waals surface area contributed by atoms with Gasteiger partial charge in [-0.25, -0.2) is 4.39 Å². The first-order valence-electron chi connectivity index (χ1n) is 6.99. The van der Waals surface area contributed by atoms with Crippen molar-refractivity contribution in [2.24, 2.45) is 0 Å². The Bertz CT molecular complexity index is 475. The van der Waals surface area contributed by atoms with Crippen molar-refractivity contribution in [2.75, 3.05) is 11.9 Å². The summed E-state index contributed by atoms with van der Waals surface area (Å²) in [4.78, 5) is 14.4. The van der Waals surface area contributed by atoms with Gasteiger partial charge in [-0.3, -0.25) is 4.79 Å². The highest BCUT2D eigenvalue weighted by Gasteiger charge is 2.27. The number of nitrogens with zero attached hydrogens (tertiary/aromatic N) is 1. The maximum atomic E-state index is 13.3. The third kappa shape index (κ3) is 3.51. The topological polar surface area (TPSA) is 40.5 Å². The van der Waals surface area contributed by atoms with Gasteiger partial charge in [-0.2, -0.15) is 0 Å². The monoisotopic (exact) mass is 343 g/mol. The average molecular weight is 344 g/mol. The number of rotatable bonds is 4. The van der Waals surface area contributed by atoms with Crippen LogP contribution in [0.2, 0.25) is 0 Å². The molecule has 0 aliphatic heterocycles. The fourth-order valence-corrected chi connectivity index (χ4v) is 3.15. The van der Waals surface area contributed by atoms with Gasteiger partial charge in [0, 0.05) is 17.9 Å². The van der Waals surface area contributed by atoms with E-state index in [1.807, 2.05) is 0 Å². The largest absolute Gasteiger partial charge is 0.507 e. The third-order valence-corrected chi connectivity index (χ3v) is 4.15. The summed E-state index contributed by atoms with van der Waals surface area (Å²) in [6.07, 6.45) is 5.40. The Kier molecular flexibility index (Phi) is 5.40. The predicted octanol–water partition coefficient (Wildman–Crippen LogP) is 3.70. The van der Waals surface area contributed by atoms with Crippen LogP contribution < -0.4 is 0 Å². The molecule has 110 valence electrons. The number of carbonyl (C=O) groups is 1. The highest BCUT2D eigenvalue weighted by atomic mass is 79.9. The van der Waals surface area contributed by atoms with Crippen molar-refractivity contribution in [1.82, 2.24) is 4.90 Å². The van der Waals surface area contributed by atoms with Crippen molar-refractivity contribution < 1.29 is 14.3 Å². The molecule has 0 radical (unpaired) electrons. The number of phenols is 1. The zero-order valence-corrected chi connectivity index (χ0v) is 12.9. The molecule has 0 saturated heterocycles. The SMILES string of the molecule is O=C(c1cc(F)ccc1O)N(CCBr)C1CCCCC1. The smallest absolute Gasteiger partial charge is 0.257 e. The molecular formula is C15H19BrFNO2. The number of hydrogen-bond donors (Lipinski definition) is 1. The summed E-state index contributed by atoms with van der Waals surface area (Å²) in [6, 6.07) is 3.69. The highest BCUT2D eigenvalue weighted by Crippen LogP contribution is 2.26. The lowest BCUT2D eigenvalue weighted by Crippen LogP contribution is -2.42. The van der Waals surface area contributed by atoms with Gasteiger partial charge in [0.1, 0.15) is 11.6 Å². The molecule has 2 rings (SSSR count). The molecule has 1 aliphatic rings. The molecule has 1 saturated carbocycles. The van der Waals surface area contributed by atoms with Gasteiger partial charge in [0.15, 0.2) is 0 Å². The Hall–Kier alpha value is -1.10. The molecule has 5 heteroatoms. The standard InChI is InChI=1S/C15H19BrFNO2/c16-8-9-18(12-4-2-1-3-5-12)15(20)13-10-11(17)6-7-14(13)19/h6-7,10,12,19H,1-5,8-9H2. The van der Waals surface area contributed by atoms with E-state index >= 15 is 0 Å². The van der Waals surface area contributed by atoms with Crippen molar-refractivity contribution in [1.29, 1.82) is 0 Å². The van der Waals surface area contributed by atoms with Gasteiger partial charge in [-0.05, 0) is 31.0 Å². The Morgan fingerprint density at radius 2 is 2.05 bits per heavy atom. The molecule has 0 spiro atoms. The number of benzene rings is 1. The van der Waals surface area contributed by atoms with Crippen molar-refractivity contribution in [3.8, 4) is 5.75 Å². The second kappa shape index (κ2) is 7.07. The minimum atomic E-state index is -0.506. The maximum Gasteiger partial charge on any atom is 0.257 e. The van der Waals surface area contributed by atoms with E-state index in [-0.39, 0.29) is 23.3 Å². The number of amides is 1. The van der Waals surface area contributed by atoms with Gasteiger partial charge in [0.05, 0.1) is 5.56 Å². The van der Waals surface area contributed by atoms with Gasteiger partial charge in [-0.15, -0.1) is 0 Å². The zero-order valence-electron chi connectivity index (χ0n) is 11.3. The van der Waals surface area contributed by atoms with Gasteiger partial charge >= 0.3 is 0 Å². The lowest BCUT2D eigenvalue weighted by Gasteiger charge is -2.34. The summed E-state index contributed by atoms with van der Waals surface area (Å²) in [5, 5.41) is 10.5. The van der Waals surface area contributed by atoms with Crippen LogP contribution in [-0.4, -0.2) is 33.8 Å². The van der Waals surface area contributed by atoms with Crippen LogP contribution >= 0.6 is 15.9 Å². The number of phenolic OH excluding ortho intramolecular Hbond substituents is 1. The Balaban J connectivity index is 2.23. The minimum absolute atomic E-state index is 0.0523. The Labute approximate surface area is 126 Å². The molecule has 0 atom stereocenters. The molecule has 1 fully saturated rings. The maximum absolute atomic E-state index is 13.3. The molecule has 20 heavy (non-hydrogen) atoms. The van der Waals surface area contributed by atoms with Crippen LogP contribution in [0.3, 0.4) is 0 Å². The average Bonchev–Trinajstić information content (AvgIpc) is 2.47. The first kappa shape index (κ1) is 15.3. The molecule has 1 amide bonds. The van der Waals surface area contributed by atoms with Crippen LogP contribution in [0.25, 0.3) is 0 Å². The minimum Gasteiger partial charge on any atom is -0.507 e. The molecule has 1 N–H and O–H groups in total. The Morgan fingerprint density at radius 1 is 1.35 bits per heavy atom. The summed E-state index contributed by atoms with van der Waals surface area (Å²) < 4.78 is 13.3. The summed E-state index contributed by atoms with van der Waals surface area (Å²) >= 11 is 3.36. The molecule has 0 aromatic heterocycles. The zero-order chi connectivity index (χ0) is 14.5. The van der Waals surface area contributed by atoms with Crippen LogP contribution in [0.15, 0.2) is 18.2 Å². The number of hydrogen-bond acceptors (Lipinski definition) is 2. The van der Waals surface area contributed by atoms with Crippen LogP contribution in [-0.2, 0) is 0 Å². The number of carbonyl (C=O) groups excluding carboxylic acids is 1. The van der Waals surface area contributed by atoms with E-state index in [0.29, 0.717) is 11.9 Å². The van der Waals surface area contributed by atoms with Crippen molar-refractivity contribution in [2.45, 2.75) is 38.1 Å². The molecule has 0 bridgehead atoms. The fraction of sp³-hybridized carbons (Fsp3) is 0.533. The summed E-state index contributed by atoms with van der Waals surface area (Å²) in [7, 11) is 0. The Morgan fingerprint density at radius 3 is 2.70 bits per heavy atom. The first-order chi connectivity index (χ1) is 9.63. The van der Waals surface area contributed by atoms with Crippen LogP contribution in [0.1, 0.15) is 42.5 Å². The number of aromatic hydroxyl groups is 1.